The lowest BCUT2D eigenvalue weighted by molar-refractivity contribution is 0.802. The molecule has 0 atom stereocenters. The molecule has 2 aromatic heterocycles. The summed E-state index contributed by atoms with van der Waals surface area (Å²) in [6.45, 7) is 3.11. The first-order chi connectivity index (χ1) is 9.19. The van der Waals surface area contributed by atoms with Gasteiger partial charge in [0.15, 0.2) is 0 Å². The van der Waals surface area contributed by atoms with Crippen LogP contribution in [0, 0.1) is 0 Å². The summed E-state index contributed by atoms with van der Waals surface area (Å²) in [4.78, 5) is 12.6. The highest BCUT2D eigenvalue weighted by Gasteiger charge is 2.07. The average molecular weight is 340 g/mol. The van der Waals surface area contributed by atoms with E-state index in [1.54, 1.807) is 11.3 Å². The molecule has 0 aliphatic heterocycles. The Kier molecular flexibility index (Phi) is 5.34. The fourth-order valence-corrected chi connectivity index (χ4v) is 2.94. The quantitative estimate of drug-likeness (QED) is 0.746. The maximum Gasteiger partial charge on any atom is 0.133 e. The Morgan fingerprint density at radius 1 is 1.32 bits per heavy atom. The molecule has 0 aliphatic rings. The van der Waals surface area contributed by atoms with Crippen LogP contribution in [-0.2, 0) is 12.8 Å². The molecule has 0 radical (unpaired) electrons. The summed E-state index contributed by atoms with van der Waals surface area (Å²) in [5.41, 5.74) is 0. The van der Waals surface area contributed by atoms with Gasteiger partial charge in [-0.15, -0.1) is 11.3 Å². The highest BCUT2D eigenvalue weighted by Crippen LogP contribution is 2.17. The maximum absolute atomic E-state index is 4.61. The fourth-order valence-electron chi connectivity index (χ4n) is 1.83. The van der Waals surface area contributed by atoms with Crippen LogP contribution in [0.25, 0.3) is 0 Å². The average Bonchev–Trinajstić information content (AvgIpc) is 2.88. The van der Waals surface area contributed by atoms with Crippen molar-refractivity contribution in [1.29, 1.82) is 0 Å². The van der Waals surface area contributed by atoms with Gasteiger partial charge in [-0.1, -0.05) is 13.0 Å². The van der Waals surface area contributed by atoms with E-state index < -0.39 is 0 Å². The van der Waals surface area contributed by atoms with Crippen LogP contribution in [0.2, 0.25) is 0 Å². The zero-order chi connectivity index (χ0) is 13.7. The Balaban J connectivity index is 2.03. The first-order valence-corrected chi connectivity index (χ1v) is 8.13. The predicted molar refractivity (Wildman–Crippen MR) is 85.0 cm³/mol. The lowest BCUT2D eigenvalue weighted by atomic mass is 10.3. The molecule has 0 saturated carbocycles. The van der Waals surface area contributed by atoms with Gasteiger partial charge in [-0.2, -0.15) is 0 Å². The van der Waals surface area contributed by atoms with Gasteiger partial charge < -0.3 is 4.90 Å². The molecular formula is C14H18BrN3S. The first kappa shape index (κ1) is 14.5. The van der Waals surface area contributed by atoms with E-state index in [-0.39, 0.29) is 0 Å². The van der Waals surface area contributed by atoms with Crippen LogP contribution in [0.4, 0.5) is 5.82 Å². The van der Waals surface area contributed by atoms with Crippen LogP contribution < -0.4 is 4.90 Å². The lowest BCUT2D eigenvalue weighted by Gasteiger charge is -2.18. The minimum atomic E-state index is 0.865. The number of aryl methyl sites for hydroxylation is 1. The van der Waals surface area contributed by atoms with Crippen LogP contribution in [0.15, 0.2) is 28.2 Å². The molecule has 0 aromatic carbocycles. The largest absolute Gasteiger partial charge is 0.359 e. The molecule has 0 aliphatic carbocycles. The number of anilines is 1. The summed E-state index contributed by atoms with van der Waals surface area (Å²) in [6.07, 6.45) is 3.04. The van der Waals surface area contributed by atoms with Crippen molar-refractivity contribution >= 4 is 33.1 Å². The third kappa shape index (κ3) is 4.28. The van der Waals surface area contributed by atoms with Gasteiger partial charge in [0.05, 0.1) is 0 Å². The van der Waals surface area contributed by atoms with E-state index in [9.17, 15) is 0 Å². The molecule has 3 nitrogen and oxygen atoms in total. The Hall–Kier alpha value is -0.940. The van der Waals surface area contributed by atoms with Gasteiger partial charge in [0.25, 0.3) is 0 Å². The Morgan fingerprint density at radius 3 is 2.84 bits per heavy atom. The topological polar surface area (TPSA) is 29.0 Å². The second-order valence-electron chi connectivity index (χ2n) is 4.47. The molecule has 2 aromatic rings. The predicted octanol–water partition coefficient (Wildman–Crippen LogP) is 3.93. The van der Waals surface area contributed by atoms with Crippen molar-refractivity contribution < 1.29 is 0 Å². The first-order valence-electron chi connectivity index (χ1n) is 6.46. The third-order valence-corrected chi connectivity index (χ3v) is 4.21. The van der Waals surface area contributed by atoms with E-state index >= 15 is 0 Å². The summed E-state index contributed by atoms with van der Waals surface area (Å²) in [5, 5.41) is 2.12. The van der Waals surface area contributed by atoms with Gasteiger partial charge in [0, 0.05) is 31.0 Å². The molecule has 0 bridgehead atoms. The number of rotatable bonds is 6. The number of nitrogens with zero attached hydrogens (tertiary/aromatic N) is 3. The minimum absolute atomic E-state index is 0.865. The summed E-state index contributed by atoms with van der Waals surface area (Å²) >= 11 is 5.27. The van der Waals surface area contributed by atoms with E-state index in [0.29, 0.717) is 0 Å². The summed E-state index contributed by atoms with van der Waals surface area (Å²) < 4.78 is 0.865. The summed E-state index contributed by atoms with van der Waals surface area (Å²) in [5.74, 6) is 1.90. The molecule has 0 amide bonds. The molecule has 0 N–H and O–H groups in total. The summed E-state index contributed by atoms with van der Waals surface area (Å²) in [6, 6.07) is 6.26. The van der Waals surface area contributed by atoms with Crippen LogP contribution in [-0.4, -0.2) is 23.6 Å². The van der Waals surface area contributed by atoms with E-state index in [4.69, 9.17) is 0 Å². The van der Waals surface area contributed by atoms with Crippen molar-refractivity contribution in [2.24, 2.45) is 0 Å². The standard InChI is InChI=1S/C14H18BrN3S/c1-3-5-13-16-12(15)10-14(17-13)18(2)8-7-11-6-4-9-19-11/h4,6,9-10H,3,5,7-8H2,1-2H3. The van der Waals surface area contributed by atoms with Crippen molar-refractivity contribution in [3.63, 3.8) is 0 Å². The van der Waals surface area contributed by atoms with Crippen molar-refractivity contribution in [1.82, 2.24) is 9.97 Å². The van der Waals surface area contributed by atoms with E-state index in [1.165, 1.54) is 4.88 Å². The molecule has 19 heavy (non-hydrogen) atoms. The number of likely N-dealkylation sites (N-methyl/N-ethyl adjacent to an activating group) is 1. The minimum Gasteiger partial charge on any atom is -0.359 e. The maximum atomic E-state index is 4.61. The van der Waals surface area contributed by atoms with Crippen LogP contribution >= 0.6 is 27.3 Å². The van der Waals surface area contributed by atoms with Crippen molar-refractivity contribution in [3.05, 3.63) is 38.9 Å². The van der Waals surface area contributed by atoms with E-state index in [1.807, 2.05) is 6.07 Å². The number of halogens is 1. The number of aromatic nitrogens is 2. The molecule has 102 valence electrons. The van der Waals surface area contributed by atoms with Gasteiger partial charge >= 0.3 is 0 Å². The van der Waals surface area contributed by atoms with Crippen LogP contribution in [0.5, 0.6) is 0 Å². The molecule has 2 rings (SSSR count). The highest BCUT2D eigenvalue weighted by atomic mass is 79.9. The third-order valence-electron chi connectivity index (χ3n) is 2.87. The highest BCUT2D eigenvalue weighted by molar-refractivity contribution is 9.10. The van der Waals surface area contributed by atoms with Gasteiger partial charge in [0.1, 0.15) is 16.2 Å². The Morgan fingerprint density at radius 2 is 2.16 bits per heavy atom. The molecule has 0 fully saturated rings. The SMILES string of the molecule is CCCc1nc(Br)cc(N(C)CCc2cccs2)n1. The van der Waals surface area contributed by atoms with Gasteiger partial charge in [-0.3, -0.25) is 0 Å². The number of hydrogen-bond donors (Lipinski definition) is 0. The second kappa shape index (κ2) is 7.01. The van der Waals surface area contributed by atoms with Crippen LogP contribution in [0.3, 0.4) is 0 Å². The van der Waals surface area contributed by atoms with E-state index in [0.717, 1.165) is 42.1 Å². The second-order valence-corrected chi connectivity index (χ2v) is 6.31. The number of thiophene rings is 1. The fraction of sp³-hybridized carbons (Fsp3) is 0.429. The molecule has 5 heteroatoms. The van der Waals surface area contributed by atoms with Crippen molar-refractivity contribution in [3.8, 4) is 0 Å². The zero-order valence-electron chi connectivity index (χ0n) is 11.3. The monoisotopic (exact) mass is 339 g/mol. The van der Waals surface area contributed by atoms with Gasteiger partial charge in [-0.05, 0) is 40.2 Å². The Labute approximate surface area is 126 Å². The lowest BCUT2D eigenvalue weighted by Crippen LogP contribution is -2.21. The molecule has 2 heterocycles. The van der Waals surface area contributed by atoms with Crippen molar-refractivity contribution in [2.45, 2.75) is 26.2 Å². The van der Waals surface area contributed by atoms with Crippen LogP contribution in [0.1, 0.15) is 24.0 Å². The number of hydrogen-bond acceptors (Lipinski definition) is 4. The normalized spacial score (nSPS) is 10.7. The Bertz CT molecular complexity index is 513. The zero-order valence-corrected chi connectivity index (χ0v) is 13.7. The summed E-state index contributed by atoms with van der Waals surface area (Å²) in [7, 11) is 2.08. The molecule has 0 unspecified atom stereocenters. The van der Waals surface area contributed by atoms with Crippen molar-refractivity contribution in [2.75, 3.05) is 18.5 Å². The van der Waals surface area contributed by atoms with Gasteiger partial charge in [0.2, 0.25) is 0 Å². The smallest absolute Gasteiger partial charge is 0.133 e. The van der Waals surface area contributed by atoms with E-state index in [2.05, 4.69) is 62.3 Å². The molecule has 0 saturated heterocycles. The molecular weight excluding hydrogens is 322 g/mol. The van der Waals surface area contributed by atoms with Gasteiger partial charge in [-0.25, -0.2) is 9.97 Å². The molecule has 0 spiro atoms.